The molecular formula is C24H34BrN5. The van der Waals surface area contributed by atoms with Gasteiger partial charge in [-0.2, -0.15) is 0 Å². The van der Waals surface area contributed by atoms with Gasteiger partial charge in [-0.15, -0.1) is 0 Å². The number of rotatable bonds is 10. The molecule has 6 heteroatoms. The van der Waals surface area contributed by atoms with Crippen LogP contribution in [0.4, 0.5) is 5.82 Å². The van der Waals surface area contributed by atoms with Gasteiger partial charge in [0.2, 0.25) is 0 Å². The molecule has 0 unspecified atom stereocenters. The molecule has 2 heterocycles. The lowest BCUT2D eigenvalue weighted by atomic mass is 10.0. The van der Waals surface area contributed by atoms with Crippen LogP contribution in [0.5, 0.6) is 0 Å². The molecule has 3 aromatic rings. The second-order valence-corrected chi connectivity index (χ2v) is 9.25. The summed E-state index contributed by atoms with van der Waals surface area (Å²) in [7, 11) is 0. The second kappa shape index (κ2) is 10.4. The normalized spacial score (nSPS) is 11.7. The number of nitrogens with zero attached hydrogens (tertiary/aromatic N) is 4. The van der Waals surface area contributed by atoms with Crippen molar-refractivity contribution in [3.8, 4) is 5.69 Å². The van der Waals surface area contributed by atoms with E-state index in [1.807, 2.05) is 13.3 Å². The van der Waals surface area contributed by atoms with Crippen molar-refractivity contribution in [1.82, 2.24) is 19.5 Å². The first-order chi connectivity index (χ1) is 14.4. The van der Waals surface area contributed by atoms with Crippen LogP contribution in [-0.2, 0) is 0 Å². The maximum atomic E-state index is 4.73. The monoisotopic (exact) mass is 471 g/mol. The zero-order valence-corrected chi connectivity index (χ0v) is 20.5. The van der Waals surface area contributed by atoms with Crippen molar-refractivity contribution in [1.29, 1.82) is 0 Å². The molecule has 162 valence electrons. The Kier molecular flexibility index (Phi) is 7.87. The molecule has 1 N–H and O–H groups in total. The summed E-state index contributed by atoms with van der Waals surface area (Å²) in [5, 5.41) is 3.70. The lowest BCUT2D eigenvalue weighted by molar-refractivity contribution is 0.546. The van der Waals surface area contributed by atoms with E-state index < -0.39 is 0 Å². The van der Waals surface area contributed by atoms with Crippen LogP contribution in [-0.4, -0.2) is 25.6 Å². The third-order valence-corrected chi connectivity index (χ3v) is 6.19. The molecule has 30 heavy (non-hydrogen) atoms. The largest absolute Gasteiger partial charge is 0.365 e. The molecule has 0 aliphatic carbocycles. The smallest absolute Gasteiger partial charge is 0.170 e. The summed E-state index contributed by atoms with van der Waals surface area (Å²) in [5.41, 5.74) is 4.02. The molecule has 0 aliphatic heterocycles. The second-order valence-electron chi connectivity index (χ2n) is 8.40. The van der Waals surface area contributed by atoms with Gasteiger partial charge in [0.05, 0.1) is 5.69 Å². The fraction of sp³-hybridized carbons (Fsp3) is 0.542. The number of aromatic nitrogens is 4. The van der Waals surface area contributed by atoms with Crippen molar-refractivity contribution in [3.63, 3.8) is 0 Å². The number of fused-ring (bicyclic) bond motifs is 1. The van der Waals surface area contributed by atoms with Crippen LogP contribution in [0, 0.1) is 6.92 Å². The van der Waals surface area contributed by atoms with Gasteiger partial charge in [0, 0.05) is 10.5 Å². The lowest BCUT2D eigenvalue weighted by Gasteiger charge is -2.19. The highest BCUT2D eigenvalue weighted by Crippen LogP contribution is 2.30. The van der Waals surface area contributed by atoms with Crippen LogP contribution in [0.3, 0.4) is 0 Å². The van der Waals surface area contributed by atoms with E-state index in [1.54, 1.807) is 0 Å². The molecule has 0 amide bonds. The highest BCUT2D eigenvalue weighted by Gasteiger charge is 2.17. The van der Waals surface area contributed by atoms with Crippen molar-refractivity contribution in [2.24, 2.45) is 0 Å². The predicted octanol–water partition coefficient (Wildman–Crippen LogP) is 7.17. The number of aryl methyl sites for hydroxylation is 1. The van der Waals surface area contributed by atoms with E-state index in [4.69, 9.17) is 15.0 Å². The molecule has 0 saturated heterocycles. The van der Waals surface area contributed by atoms with Crippen LogP contribution in [0.25, 0.3) is 16.9 Å². The Morgan fingerprint density at radius 1 is 1.07 bits per heavy atom. The van der Waals surface area contributed by atoms with Crippen LogP contribution >= 0.6 is 15.9 Å². The van der Waals surface area contributed by atoms with E-state index in [2.05, 4.69) is 71.7 Å². The zero-order chi connectivity index (χ0) is 21.7. The summed E-state index contributed by atoms with van der Waals surface area (Å²) in [6.45, 7) is 10.8. The molecule has 5 nitrogen and oxygen atoms in total. The Morgan fingerprint density at radius 3 is 2.37 bits per heavy atom. The SMILES string of the molecule is CCCCC(CCCC)Nc1nc(C)nc2c1ncn2-c1ccc(C(C)C)cc1Br. The van der Waals surface area contributed by atoms with Gasteiger partial charge in [0.25, 0.3) is 0 Å². The number of benzene rings is 1. The van der Waals surface area contributed by atoms with Gasteiger partial charge in [-0.05, 0) is 59.3 Å². The minimum absolute atomic E-state index is 0.421. The van der Waals surface area contributed by atoms with E-state index in [9.17, 15) is 0 Å². The van der Waals surface area contributed by atoms with Crippen LogP contribution in [0.15, 0.2) is 29.0 Å². The topological polar surface area (TPSA) is 55.6 Å². The molecule has 0 spiro atoms. The molecule has 3 rings (SSSR count). The molecule has 0 bridgehead atoms. The molecule has 1 aromatic carbocycles. The summed E-state index contributed by atoms with van der Waals surface area (Å²) >= 11 is 3.75. The van der Waals surface area contributed by atoms with Crippen molar-refractivity contribution in [3.05, 3.63) is 40.4 Å². The predicted molar refractivity (Wildman–Crippen MR) is 130 cm³/mol. The number of hydrogen-bond donors (Lipinski definition) is 1. The maximum absolute atomic E-state index is 4.73. The molecule has 0 atom stereocenters. The first kappa shape index (κ1) is 22.7. The van der Waals surface area contributed by atoms with Gasteiger partial charge in [0.1, 0.15) is 12.2 Å². The fourth-order valence-corrected chi connectivity index (χ4v) is 4.33. The summed E-state index contributed by atoms with van der Waals surface area (Å²) in [4.78, 5) is 14.1. The van der Waals surface area contributed by atoms with Gasteiger partial charge >= 0.3 is 0 Å². The minimum atomic E-state index is 0.421. The van der Waals surface area contributed by atoms with E-state index in [0.717, 1.165) is 45.8 Å². The third kappa shape index (κ3) is 5.20. The molecular weight excluding hydrogens is 438 g/mol. The van der Waals surface area contributed by atoms with E-state index in [-0.39, 0.29) is 0 Å². The van der Waals surface area contributed by atoms with Crippen molar-refractivity contribution < 1.29 is 0 Å². The molecule has 0 saturated carbocycles. The number of unbranched alkanes of at least 4 members (excludes halogenated alkanes) is 2. The fourth-order valence-electron chi connectivity index (χ4n) is 3.75. The number of nitrogens with one attached hydrogen (secondary N) is 1. The van der Waals surface area contributed by atoms with Gasteiger partial charge in [0.15, 0.2) is 17.0 Å². The third-order valence-electron chi connectivity index (χ3n) is 5.56. The molecule has 2 aromatic heterocycles. The Balaban J connectivity index is 1.98. The van der Waals surface area contributed by atoms with Gasteiger partial charge in [-0.3, -0.25) is 4.57 Å². The Labute approximate surface area is 188 Å². The number of anilines is 1. The van der Waals surface area contributed by atoms with Crippen molar-refractivity contribution in [2.75, 3.05) is 5.32 Å². The zero-order valence-electron chi connectivity index (χ0n) is 18.9. The summed E-state index contributed by atoms with van der Waals surface area (Å²) in [6, 6.07) is 6.92. The average molecular weight is 472 g/mol. The number of hydrogen-bond acceptors (Lipinski definition) is 4. The Morgan fingerprint density at radius 2 is 1.77 bits per heavy atom. The Bertz CT molecular complexity index is 971. The number of imidazole rings is 1. The summed E-state index contributed by atoms with van der Waals surface area (Å²) in [5.74, 6) is 2.09. The Hall–Kier alpha value is -1.95. The van der Waals surface area contributed by atoms with E-state index >= 15 is 0 Å². The summed E-state index contributed by atoms with van der Waals surface area (Å²) < 4.78 is 3.10. The summed E-state index contributed by atoms with van der Waals surface area (Å²) in [6.07, 6.45) is 9.02. The first-order valence-electron chi connectivity index (χ1n) is 11.2. The molecule has 0 aliphatic rings. The van der Waals surface area contributed by atoms with Crippen LogP contribution in [0.2, 0.25) is 0 Å². The van der Waals surface area contributed by atoms with Crippen molar-refractivity contribution in [2.45, 2.75) is 85.1 Å². The van der Waals surface area contributed by atoms with Crippen molar-refractivity contribution >= 4 is 32.9 Å². The van der Waals surface area contributed by atoms with E-state index in [0.29, 0.717) is 12.0 Å². The maximum Gasteiger partial charge on any atom is 0.170 e. The van der Waals surface area contributed by atoms with Crippen LogP contribution < -0.4 is 5.32 Å². The molecule has 0 fully saturated rings. The quantitative estimate of drug-likeness (QED) is 0.340. The van der Waals surface area contributed by atoms with Crippen LogP contribution in [0.1, 0.15) is 83.5 Å². The lowest BCUT2D eigenvalue weighted by Crippen LogP contribution is -2.21. The van der Waals surface area contributed by atoms with Gasteiger partial charge < -0.3 is 5.32 Å². The molecule has 0 radical (unpaired) electrons. The van der Waals surface area contributed by atoms with Gasteiger partial charge in [-0.1, -0.05) is 59.4 Å². The minimum Gasteiger partial charge on any atom is -0.365 e. The average Bonchev–Trinajstić information content (AvgIpc) is 3.13. The van der Waals surface area contributed by atoms with E-state index in [1.165, 1.54) is 31.2 Å². The highest BCUT2D eigenvalue weighted by atomic mass is 79.9. The number of halogens is 1. The first-order valence-corrected chi connectivity index (χ1v) is 12.0. The van der Waals surface area contributed by atoms with Gasteiger partial charge in [-0.25, -0.2) is 15.0 Å². The highest BCUT2D eigenvalue weighted by molar-refractivity contribution is 9.10. The standard InChI is InChI=1S/C24H34BrN5/c1-6-8-10-19(11-9-7-2)29-23-22-24(28-17(5)27-23)30(15-26-22)21-13-12-18(16(3)4)14-20(21)25/h12-16,19H,6-11H2,1-5H3,(H,27,28,29).